The van der Waals surface area contributed by atoms with E-state index in [9.17, 15) is 9.59 Å². The average Bonchev–Trinajstić information content (AvgIpc) is 2.82. The first kappa shape index (κ1) is 29.2. The maximum absolute atomic E-state index is 13.0. The van der Waals surface area contributed by atoms with Crippen LogP contribution in [0.3, 0.4) is 0 Å². The highest BCUT2D eigenvalue weighted by Gasteiger charge is 2.23. The summed E-state index contributed by atoms with van der Waals surface area (Å²) in [5.41, 5.74) is 1.65. The standard InChI is InChI=1S/C29H48O4/c1-4-7-10-12-14-17-23-32-28(30)26-22-19-21-25(20-16-9-6-3)27(26)29(31)33-24-18-15-13-11-8-5-2/h19,21-22H,4-18,20,23-24H2,1-3H3. The van der Waals surface area contributed by atoms with Crippen LogP contribution in [-0.4, -0.2) is 25.2 Å². The van der Waals surface area contributed by atoms with E-state index < -0.39 is 5.97 Å². The van der Waals surface area contributed by atoms with E-state index in [0.29, 0.717) is 24.3 Å². The Hall–Kier alpha value is -1.84. The van der Waals surface area contributed by atoms with Crippen molar-refractivity contribution in [3.8, 4) is 0 Å². The van der Waals surface area contributed by atoms with Crippen molar-refractivity contribution in [2.24, 2.45) is 0 Å². The van der Waals surface area contributed by atoms with Crippen LogP contribution in [0, 0.1) is 0 Å². The molecule has 0 aliphatic carbocycles. The van der Waals surface area contributed by atoms with E-state index in [4.69, 9.17) is 9.47 Å². The summed E-state index contributed by atoms with van der Waals surface area (Å²) in [5, 5.41) is 0. The van der Waals surface area contributed by atoms with Crippen molar-refractivity contribution >= 4 is 11.9 Å². The molecule has 0 N–H and O–H groups in total. The van der Waals surface area contributed by atoms with Gasteiger partial charge in [0.15, 0.2) is 0 Å². The van der Waals surface area contributed by atoms with Crippen molar-refractivity contribution in [3.05, 3.63) is 34.9 Å². The quantitative estimate of drug-likeness (QED) is 0.145. The molecule has 1 aromatic carbocycles. The molecular weight excluding hydrogens is 412 g/mol. The molecule has 1 rings (SSSR count). The molecule has 4 heteroatoms. The van der Waals surface area contributed by atoms with Crippen LogP contribution in [0.5, 0.6) is 0 Å². The lowest BCUT2D eigenvalue weighted by atomic mass is 9.96. The lowest BCUT2D eigenvalue weighted by Gasteiger charge is -2.14. The number of hydrogen-bond acceptors (Lipinski definition) is 4. The van der Waals surface area contributed by atoms with Crippen molar-refractivity contribution in [2.75, 3.05) is 13.2 Å². The summed E-state index contributed by atoms with van der Waals surface area (Å²) in [6, 6.07) is 5.50. The molecule has 0 saturated heterocycles. The van der Waals surface area contributed by atoms with Gasteiger partial charge in [0.05, 0.1) is 24.3 Å². The van der Waals surface area contributed by atoms with Crippen molar-refractivity contribution in [1.29, 1.82) is 0 Å². The Kier molecular flexibility index (Phi) is 17.4. The fraction of sp³-hybridized carbons (Fsp3) is 0.724. The maximum atomic E-state index is 13.0. The van der Waals surface area contributed by atoms with Gasteiger partial charge in [0, 0.05) is 0 Å². The lowest BCUT2D eigenvalue weighted by Crippen LogP contribution is -2.17. The van der Waals surface area contributed by atoms with E-state index >= 15 is 0 Å². The third-order valence-electron chi connectivity index (χ3n) is 6.09. The van der Waals surface area contributed by atoms with Crippen LogP contribution in [0.25, 0.3) is 0 Å². The van der Waals surface area contributed by atoms with Crippen LogP contribution < -0.4 is 0 Å². The Morgan fingerprint density at radius 3 is 1.67 bits per heavy atom. The minimum Gasteiger partial charge on any atom is -0.462 e. The van der Waals surface area contributed by atoms with Crippen LogP contribution in [0.15, 0.2) is 18.2 Å². The smallest absolute Gasteiger partial charge is 0.339 e. The van der Waals surface area contributed by atoms with E-state index in [1.54, 1.807) is 6.07 Å². The minimum atomic E-state index is -0.410. The van der Waals surface area contributed by atoms with Gasteiger partial charge in [0.2, 0.25) is 0 Å². The average molecular weight is 461 g/mol. The Bertz CT molecular complexity index is 653. The number of carbonyl (C=O) groups is 2. The second-order valence-electron chi connectivity index (χ2n) is 9.10. The molecule has 0 saturated carbocycles. The topological polar surface area (TPSA) is 52.6 Å². The minimum absolute atomic E-state index is 0.350. The van der Waals surface area contributed by atoms with Crippen LogP contribution in [-0.2, 0) is 15.9 Å². The molecule has 0 aliphatic heterocycles. The number of ether oxygens (including phenoxy) is 2. The van der Waals surface area contributed by atoms with Gasteiger partial charge in [-0.2, -0.15) is 0 Å². The number of aryl methyl sites for hydroxylation is 1. The Morgan fingerprint density at radius 1 is 0.606 bits per heavy atom. The van der Waals surface area contributed by atoms with E-state index in [2.05, 4.69) is 20.8 Å². The summed E-state index contributed by atoms with van der Waals surface area (Å²) in [6.07, 6.45) is 17.6. The number of carbonyl (C=O) groups excluding carboxylic acids is 2. The van der Waals surface area contributed by atoms with Gasteiger partial charge >= 0.3 is 11.9 Å². The van der Waals surface area contributed by atoms with Crippen molar-refractivity contribution < 1.29 is 19.1 Å². The summed E-state index contributed by atoms with van der Waals surface area (Å²) in [7, 11) is 0. The predicted molar refractivity (Wildman–Crippen MR) is 137 cm³/mol. The number of benzene rings is 1. The molecule has 0 atom stereocenters. The summed E-state index contributed by atoms with van der Waals surface area (Å²) in [4.78, 5) is 25.8. The molecule has 0 fully saturated rings. The lowest BCUT2D eigenvalue weighted by molar-refractivity contribution is 0.0449. The third kappa shape index (κ3) is 12.8. The molecule has 0 aromatic heterocycles. The van der Waals surface area contributed by atoms with Gasteiger partial charge in [-0.15, -0.1) is 0 Å². The fourth-order valence-electron chi connectivity index (χ4n) is 4.03. The predicted octanol–water partition coefficient (Wildman–Crippen LogP) is 8.45. The van der Waals surface area contributed by atoms with Crippen LogP contribution in [0.2, 0.25) is 0 Å². The molecule has 0 bridgehead atoms. The molecule has 33 heavy (non-hydrogen) atoms. The first-order valence-electron chi connectivity index (χ1n) is 13.6. The Labute approximate surface area is 202 Å². The molecule has 1 aromatic rings. The molecule has 0 unspecified atom stereocenters. The first-order valence-corrected chi connectivity index (χ1v) is 13.6. The number of rotatable bonds is 20. The molecule has 0 heterocycles. The Morgan fingerprint density at radius 2 is 1.09 bits per heavy atom. The molecule has 0 spiro atoms. The van der Waals surface area contributed by atoms with Crippen LogP contribution >= 0.6 is 0 Å². The first-order chi connectivity index (χ1) is 16.2. The zero-order valence-corrected chi connectivity index (χ0v) is 21.6. The zero-order valence-electron chi connectivity index (χ0n) is 21.6. The molecule has 4 nitrogen and oxygen atoms in total. The highest BCUT2D eigenvalue weighted by Crippen LogP contribution is 2.21. The Balaban J connectivity index is 2.70. The maximum Gasteiger partial charge on any atom is 0.339 e. The number of esters is 2. The van der Waals surface area contributed by atoms with Gasteiger partial charge in [-0.3, -0.25) is 0 Å². The molecule has 188 valence electrons. The monoisotopic (exact) mass is 460 g/mol. The second kappa shape index (κ2) is 19.6. The number of hydrogen-bond donors (Lipinski definition) is 0. The summed E-state index contributed by atoms with van der Waals surface area (Å²) in [5.74, 6) is -0.797. The summed E-state index contributed by atoms with van der Waals surface area (Å²) in [6.45, 7) is 7.37. The molecule has 0 amide bonds. The summed E-state index contributed by atoms with van der Waals surface area (Å²) < 4.78 is 11.1. The fourth-order valence-corrected chi connectivity index (χ4v) is 4.03. The van der Waals surface area contributed by atoms with Gasteiger partial charge < -0.3 is 9.47 Å². The molecule has 0 radical (unpaired) electrons. The number of unbranched alkanes of at least 4 members (excludes halogenated alkanes) is 12. The highest BCUT2D eigenvalue weighted by atomic mass is 16.5. The SMILES string of the molecule is CCCCCCCCOC(=O)c1cccc(CCCCC)c1C(=O)OCCCCCCCC. The second-order valence-corrected chi connectivity index (χ2v) is 9.10. The van der Waals surface area contributed by atoms with E-state index in [1.165, 1.54) is 51.4 Å². The van der Waals surface area contributed by atoms with Gasteiger partial charge in [-0.25, -0.2) is 9.59 Å². The van der Waals surface area contributed by atoms with Crippen LogP contribution in [0.1, 0.15) is 143 Å². The van der Waals surface area contributed by atoms with Crippen molar-refractivity contribution in [2.45, 2.75) is 124 Å². The largest absolute Gasteiger partial charge is 0.462 e. The van der Waals surface area contributed by atoms with Gasteiger partial charge in [-0.1, -0.05) is 110 Å². The van der Waals surface area contributed by atoms with E-state index in [0.717, 1.165) is 56.9 Å². The normalized spacial score (nSPS) is 10.9. The van der Waals surface area contributed by atoms with Gasteiger partial charge in [0.1, 0.15) is 0 Å². The van der Waals surface area contributed by atoms with Crippen molar-refractivity contribution in [1.82, 2.24) is 0 Å². The van der Waals surface area contributed by atoms with Gasteiger partial charge in [0.25, 0.3) is 0 Å². The van der Waals surface area contributed by atoms with E-state index in [1.807, 2.05) is 12.1 Å². The molecule has 0 aliphatic rings. The third-order valence-corrected chi connectivity index (χ3v) is 6.09. The summed E-state index contributed by atoms with van der Waals surface area (Å²) >= 11 is 0. The highest BCUT2D eigenvalue weighted by molar-refractivity contribution is 6.04. The van der Waals surface area contributed by atoms with Crippen LogP contribution in [0.4, 0.5) is 0 Å². The van der Waals surface area contributed by atoms with E-state index in [-0.39, 0.29) is 5.97 Å². The van der Waals surface area contributed by atoms with Crippen molar-refractivity contribution in [3.63, 3.8) is 0 Å². The zero-order chi connectivity index (χ0) is 24.2. The van der Waals surface area contributed by atoms with Gasteiger partial charge in [-0.05, 0) is 37.3 Å². The molecular formula is C29H48O4.